The number of aryl methyl sites for hydroxylation is 2. The lowest BCUT2D eigenvalue weighted by Crippen LogP contribution is -2.11. The zero-order valence-corrected chi connectivity index (χ0v) is 48.5. The van der Waals surface area contributed by atoms with Crippen molar-refractivity contribution in [3.8, 4) is 23.0 Å². The van der Waals surface area contributed by atoms with Crippen LogP contribution in [0, 0.1) is 13.8 Å². The maximum absolute atomic E-state index is 7.53. The van der Waals surface area contributed by atoms with E-state index in [4.69, 9.17) is 27.8 Å². The van der Waals surface area contributed by atoms with Crippen LogP contribution in [0.1, 0.15) is 11.1 Å². The first-order valence-corrected chi connectivity index (χ1v) is 28.6. The van der Waals surface area contributed by atoms with Crippen molar-refractivity contribution in [1.29, 1.82) is 0 Å². The molecule has 0 spiro atoms. The number of furan rings is 2. The van der Waals surface area contributed by atoms with Crippen molar-refractivity contribution >= 4 is 123 Å². The summed E-state index contributed by atoms with van der Waals surface area (Å²) in [6.45, 7) is 4.23. The summed E-state index contributed by atoms with van der Waals surface area (Å²) >= 11 is 0. The van der Waals surface area contributed by atoms with Gasteiger partial charge >= 0.3 is 0 Å². The molecule has 0 saturated carbocycles. The van der Waals surface area contributed by atoms with Crippen LogP contribution in [0.25, 0.3) is 54.6 Å². The number of fused-ring (bicyclic) bond motifs is 9. The lowest BCUT2D eigenvalue weighted by Gasteiger charge is -2.28. The van der Waals surface area contributed by atoms with Crippen LogP contribution >= 0.6 is 0 Å². The second-order valence-electron chi connectivity index (χ2n) is 21.3. The molecule has 2 aromatic heterocycles. The van der Waals surface area contributed by atoms with Crippen molar-refractivity contribution in [3.05, 3.63) is 266 Å². The van der Waals surface area contributed by atoms with Crippen LogP contribution in [0.5, 0.6) is 23.0 Å². The predicted octanol–water partition coefficient (Wildman–Crippen LogP) is 21.2. The fourth-order valence-corrected chi connectivity index (χ4v) is 11.9. The Labute approximate surface area is 499 Å². The van der Waals surface area contributed by atoms with E-state index in [1.54, 1.807) is 28.4 Å². The number of para-hydroxylation sites is 2. The van der Waals surface area contributed by atoms with Gasteiger partial charge in [0.2, 0.25) is 0 Å². The molecular formula is C76H60N4O6. The molecular weight excluding hydrogens is 1060 g/mol. The van der Waals surface area contributed by atoms with E-state index >= 15 is 0 Å². The standard InChI is InChI=1S/C76H60N4O6/c1-49-17-21-53(22-18-49)77(51-13-9-7-10-14-51)59-33-43-65-71(45-59)85-75-69(79(55-25-35-61(81-3)36-26-55)56-27-37-62(82-4)38-28-56)48-68-67(73(65)75)47-70(80(57-29-39-63(83-5)40-30-57)58-31-41-64(84-6)42-32-58)76-74(68)66-44-34-60(46-72(66)86-76)78(52-15-11-8-12-16-52)54-23-19-50(2)20-24-54/h7-48H,1-6H3. The first kappa shape index (κ1) is 52.9. The number of nitrogens with zero attached hydrogens (tertiary/aromatic N) is 4. The highest BCUT2D eigenvalue weighted by atomic mass is 16.5. The van der Waals surface area contributed by atoms with Crippen molar-refractivity contribution in [2.24, 2.45) is 0 Å². The van der Waals surface area contributed by atoms with Crippen LogP contribution in [-0.2, 0) is 0 Å². The number of hydrogen-bond acceptors (Lipinski definition) is 10. The average Bonchev–Trinajstić information content (AvgIpc) is 1.55. The lowest BCUT2D eigenvalue weighted by atomic mass is 9.96. The molecule has 0 bridgehead atoms. The van der Waals surface area contributed by atoms with E-state index in [2.05, 4.69) is 228 Å². The Balaban J connectivity index is 1.12. The van der Waals surface area contributed by atoms with Crippen LogP contribution in [0.15, 0.2) is 264 Å². The number of hydrogen-bond donors (Lipinski definition) is 0. The minimum absolute atomic E-state index is 0.690. The van der Waals surface area contributed by atoms with Gasteiger partial charge in [-0.05, 0) is 207 Å². The predicted molar refractivity (Wildman–Crippen MR) is 353 cm³/mol. The Morgan fingerprint density at radius 3 is 0.826 bits per heavy atom. The zero-order valence-electron chi connectivity index (χ0n) is 48.5. The Kier molecular flexibility index (Phi) is 13.7. The number of rotatable bonds is 16. The van der Waals surface area contributed by atoms with Gasteiger partial charge in [-0.25, -0.2) is 0 Å². The van der Waals surface area contributed by atoms with Gasteiger partial charge in [-0.3, -0.25) is 0 Å². The summed E-state index contributed by atoms with van der Waals surface area (Å²) in [5.41, 5.74) is 16.4. The summed E-state index contributed by atoms with van der Waals surface area (Å²) in [5.74, 6) is 2.96. The Morgan fingerprint density at radius 1 is 0.256 bits per heavy atom. The van der Waals surface area contributed by atoms with E-state index in [1.807, 2.05) is 60.7 Å². The molecule has 10 heteroatoms. The Bertz CT molecular complexity index is 4340. The number of anilines is 12. The molecule has 0 saturated heterocycles. The van der Waals surface area contributed by atoms with Crippen molar-refractivity contribution < 1.29 is 27.8 Å². The third-order valence-corrected chi connectivity index (χ3v) is 16.1. The normalized spacial score (nSPS) is 11.4. The summed E-state index contributed by atoms with van der Waals surface area (Å²) in [5, 5.41) is 5.67. The molecule has 0 radical (unpaired) electrons. The summed E-state index contributed by atoms with van der Waals surface area (Å²) in [4.78, 5) is 9.07. The minimum Gasteiger partial charge on any atom is -0.497 e. The lowest BCUT2D eigenvalue weighted by molar-refractivity contribution is 0.414. The molecule has 0 amide bonds. The molecule has 0 N–H and O–H groups in total. The third kappa shape index (κ3) is 9.53. The number of methoxy groups -OCH3 is 4. The van der Waals surface area contributed by atoms with Crippen LogP contribution in [0.2, 0.25) is 0 Å². The van der Waals surface area contributed by atoms with Gasteiger partial charge in [0.1, 0.15) is 34.2 Å². The Morgan fingerprint density at radius 2 is 0.523 bits per heavy atom. The second-order valence-corrected chi connectivity index (χ2v) is 21.3. The molecule has 0 aliphatic carbocycles. The maximum atomic E-state index is 7.53. The topological polar surface area (TPSA) is 76.2 Å². The quantitative estimate of drug-likeness (QED) is 0.0934. The zero-order chi connectivity index (χ0) is 58.4. The van der Waals surface area contributed by atoms with E-state index in [1.165, 1.54) is 11.1 Å². The third-order valence-electron chi connectivity index (χ3n) is 16.1. The molecule has 12 aromatic carbocycles. The molecule has 14 aromatic rings. The van der Waals surface area contributed by atoms with Crippen LogP contribution < -0.4 is 38.5 Å². The van der Waals surface area contributed by atoms with E-state index < -0.39 is 0 Å². The van der Waals surface area contributed by atoms with Gasteiger partial charge in [-0.1, -0.05) is 71.8 Å². The maximum Gasteiger partial charge on any atom is 0.160 e. The molecule has 14 rings (SSSR count). The average molecular weight is 1130 g/mol. The smallest absolute Gasteiger partial charge is 0.160 e. The number of ether oxygens (including phenoxy) is 4. The first-order chi connectivity index (χ1) is 42.2. The van der Waals surface area contributed by atoms with Crippen LogP contribution in [-0.4, -0.2) is 28.4 Å². The van der Waals surface area contributed by atoms with Gasteiger partial charge in [-0.2, -0.15) is 0 Å². The summed E-state index contributed by atoms with van der Waals surface area (Å²) in [7, 11) is 6.75. The summed E-state index contributed by atoms with van der Waals surface area (Å²) in [6.07, 6.45) is 0. The van der Waals surface area contributed by atoms with Gasteiger partial charge in [0, 0.05) is 90.6 Å². The van der Waals surface area contributed by atoms with Crippen LogP contribution in [0.4, 0.5) is 68.2 Å². The van der Waals surface area contributed by atoms with Gasteiger partial charge < -0.3 is 47.4 Å². The van der Waals surface area contributed by atoms with Crippen LogP contribution in [0.3, 0.4) is 0 Å². The molecule has 0 aliphatic heterocycles. The molecule has 0 aliphatic rings. The highest BCUT2D eigenvalue weighted by Gasteiger charge is 2.29. The largest absolute Gasteiger partial charge is 0.497 e. The molecule has 10 nitrogen and oxygen atoms in total. The second kappa shape index (κ2) is 22.2. The van der Waals surface area contributed by atoms with Crippen molar-refractivity contribution in [2.75, 3.05) is 48.0 Å². The van der Waals surface area contributed by atoms with Gasteiger partial charge in [0.15, 0.2) is 11.2 Å². The molecule has 0 fully saturated rings. The van der Waals surface area contributed by atoms with Gasteiger partial charge in [0.05, 0.1) is 39.8 Å². The first-order valence-electron chi connectivity index (χ1n) is 28.6. The number of benzene rings is 12. The fraction of sp³-hybridized carbons (Fsp3) is 0.0789. The molecule has 86 heavy (non-hydrogen) atoms. The van der Waals surface area contributed by atoms with E-state index in [-0.39, 0.29) is 0 Å². The molecule has 420 valence electrons. The van der Waals surface area contributed by atoms with Crippen molar-refractivity contribution in [2.45, 2.75) is 13.8 Å². The molecule has 2 heterocycles. The van der Waals surface area contributed by atoms with Gasteiger partial charge in [0.25, 0.3) is 0 Å². The van der Waals surface area contributed by atoms with Crippen molar-refractivity contribution in [3.63, 3.8) is 0 Å². The Hall–Kier alpha value is -11.1. The van der Waals surface area contributed by atoms with Crippen molar-refractivity contribution in [1.82, 2.24) is 0 Å². The van der Waals surface area contributed by atoms with E-state index in [0.717, 1.165) is 124 Å². The monoisotopic (exact) mass is 1120 g/mol. The summed E-state index contributed by atoms with van der Waals surface area (Å²) in [6, 6.07) is 88.6. The fourth-order valence-electron chi connectivity index (χ4n) is 11.9. The SMILES string of the molecule is COc1ccc(N(c2ccc(OC)cc2)c2cc3c(cc(N(c4ccc(OC)cc4)c4ccc(OC)cc4)c4oc5cc(N(c6ccccc6)c6ccc(C)cc6)ccc5c43)c3c2oc2cc(N(c4ccccc4)c4ccc(C)cc4)ccc23)cc1. The highest BCUT2D eigenvalue weighted by Crippen LogP contribution is 2.53. The minimum atomic E-state index is 0.690. The highest BCUT2D eigenvalue weighted by molar-refractivity contribution is 6.32. The van der Waals surface area contributed by atoms with Gasteiger partial charge in [-0.15, -0.1) is 0 Å². The molecule has 0 unspecified atom stereocenters. The van der Waals surface area contributed by atoms with E-state index in [9.17, 15) is 0 Å². The van der Waals surface area contributed by atoms with E-state index in [0.29, 0.717) is 22.3 Å². The molecule has 0 atom stereocenters. The summed E-state index contributed by atoms with van der Waals surface area (Å²) < 4.78 is 38.1.